The summed E-state index contributed by atoms with van der Waals surface area (Å²) in [6.45, 7) is 5.78. The number of carboxylic acid groups (broad SMARTS) is 1. The summed E-state index contributed by atoms with van der Waals surface area (Å²) in [5.74, 6) is -2.09. The second-order valence-corrected chi connectivity index (χ2v) is 5.98. The Morgan fingerprint density at radius 3 is 2.39 bits per heavy atom. The van der Waals surface area contributed by atoms with E-state index >= 15 is 0 Å². The molecule has 0 fully saturated rings. The van der Waals surface area contributed by atoms with Gasteiger partial charge in [-0.2, -0.15) is 0 Å². The lowest BCUT2D eigenvalue weighted by molar-refractivity contribution is -0.141. The van der Waals surface area contributed by atoms with Gasteiger partial charge in [-0.05, 0) is 32.8 Å². The SMILES string of the molecule is CCCCCCCC1=C(O)C(C(=CC=C(C)C)C(=O)O)OC1=O. The van der Waals surface area contributed by atoms with Gasteiger partial charge in [-0.25, -0.2) is 9.59 Å². The highest BCUT2D eigenvalue weighted by molar-refractivity contribution is 5.96. The summed E-state index contributed by atoms with van der Waals surface area (Å²) in [6, 6.07) is 0. The number of carbonyl (C=O) groups excluding carboxylic acids is 1. The standard InChI is InChI=1S/C18H26O5/c1-4-5-6-7-8-9-13-15(19)16(23-18(13)22)14(17(20)21)11-10-12(2)3/h10-11,16,19H,4-9H2,1-3H3,(H,20,21). The zero-order valence-corrected chi connectivity index (χ0v) is 14.1. The van der Waals surface area contributed by atoms with Crippen molar-refractivity contribution >= 4 is 11.9 Å². The van der Waals surface area contributed by atoms with Gasteiger partial charge in [0.1, 0.15) is 5.76 Å². The summed E-state index contributed by atoms with van der Waals surface area (Å²) in [4.78, 5) is 23.3. The highest BCUT2D eigenvalue weighted by Gasteiger charge is 2.38. The van der Waals surface area contributed by atoms with E-state index in [-0.39, 0.29) is 16.9 Å². The number of hydrogen-bond acceptors (Lipinski definition) is 4. The molecule has 1 rings (SSSR count). The lowest BCUT2D eigenvalue weighted by Gasteiger charge is -2.10. The van der Waals surface area contributed by atoms with Crippen molar-refractivity contribution < 1.29 is 24.5 Å². The monoisotopic (exact) mass is 322 g/mol. The molecule has 0 saturated carbocycles. The van der Waals surface area contributed by atoms with Gasteiger partial charge in [-0.1, -0.05) is 44.3 Å². The number of esters is 1. The fourth-order valence-corrected chi connectivity index (χ4v) is 2.37. The van der Waals surface area contributed by atoms with E-state index in [1.54, 1.807) is 6.08 Å². The summed E-state index contributed by atoms with van der Waals surface area (Å²) in [5, 5.41) is 19.5. The van der Waals surface area contributed by atoms with Gasteiger partial charge >= 0.3 is 11.9 Å². The molecule has 0 spiro atoms. The maximum Gasteiger partial charge on any atom is 0.338 e. The molecular formula is C18H26O5. The van der Waals surface area contributed by atoms with Crippen molar-refractivity contribution in [2.24, 2.45) is 0 Å². The molecule has 1 aliphatic heterocycles. The molecule has 1 aliphatic rings. The molecule has 2 N–H and O–H groups in total. The van der Waals surface area contributed by atoms with Crippen molar-refractivity contribution in [2.75, 3.05) is 0 Å². The maximum atomic E-state index is 11.9. The molecule has 0 aromatic heterocycles. The predicted molar refractivity (Wildman–Crippen MR) is 88.1 cm³/mol. The first kappa shape index (κ1) is 19.0. The van der Waals surface area contributed by atoms with Crippen molar-refractivity contribution in [3.63, 3.8) is 0 Å². The van der Waals surface area contributed by atoms with Crippen molar-refractivity contribution in [1.82, 2.24) is 0 Å². The minimum Gasteiger partial charge on any atom is -0.507 e. The molecule has 0 amide bonds. The molecule has 5 heteroatoms. The Labute approximate surface area is 137 Å². The highest BCUT2D eigenvalue weighted by Crippen LogP contribution is 2.29. The molecule has 23 heavy (non-hydrogen) atoms. The summed E-state index contributed by atoms with van der Waals surface area (Å²) in [6.07, 6.45) is 7.32. The number of unbranched alkanes of at least 4 members (excludes halogenated alkanes) is 4. The fourth-order valence-electron chi connectivity index (χ4n) is 2.37. The zero-order chi connectivity index (χ0) is 17.4. The average molecular weight is 322 g/mol. The minimum absolute atomic E-state index is 0.141. The Hall–Kier alpha value is -2.04. The Morgan fingerprint density at radius 2 is 1.83 bits per heavy atom. The van der Waals surface area contributed by atoms with E-state index in [1.165, 1.54) is 6.08 Å². The molecule has 5 nitrogen and oxygen atoms in total. The predicted octanol–water partition coefficient (Wildman–Crippen LogP) is 4.06. The summed E-state index contributed by atoms with van der Waals surface area (Å²) in [7, 11) is 0. The number of carbonyl (C=O) groups is 2. The van der Waals surface area contributed by atoms with E-state index in [0.717, 1.165) is 37.7 Å². The van der Waals surface area contributed by atoms with Crippen molar-refractivity contribution in [2.45, 2.75) is 65.4 Å². The first-order valence-corrected chi connectivity index (χ1v) is 8.09. The molecule has 1 unspecified atom stereocenters. The van der Waals surface area contributed by atoms with Crippen LogP contribution in [0.4, 0.5) is 0 Å². The fraction of sp³-hybridized carbons (Fsp3) is 0.556. The van der Waals surface area contributed by atoms with Crippen LogP contribution in [-0.2, 0) is 14.3 Å². The average Bonchev–Trinajstić information content (AvgIpc) is 2.74. The van der Waals surface area contributed by atoms with Crippen LogP contribution in [0.2, 0.25) is 0 Å². The van der Waals surface area contributed by atoms with Gasteiger partial charge in [0.05, 0.1) is 11.1 Å². The number of aliphatic carboxylic acids is 1. The quantitative estimate of drug-likeness (QED) is 0.289. The number of aliphatic hydroxyl groups is 1. The van der Waals surface area contributed by atoms with Crippen LogP contribution in [0.15, 0.2) is 34.6 Å². The largest absolute Gasteiger partial charge is 0.507 e. The summed E-state index contributed by atoms with van der Waals surface area (Å²) in [5.41, 5.74) is 0.974. The van der Waals surface area contributed by atoms with Crippen molar-refractivity contribution in [1.29, 1.82) is 0 Å². The van der Waals surface area contributed by atoms with Crippen LogP contribution < -0.4 is 0 Å². The van der Waals surface area contributed by atoms with E-state index < -0.39 is 18.0 Å². The van der Waals surface area contributed by atoms with Gasteiger partial charge in [0.15, 0.2) is 6.10 Å². The van der Waals surface area contributed by atoms with Crippen LogP contribution in [-0.4, -0.2) is 28.3 Å². The molecule has 0 saturated heterocycles. The van der Waals surface area contributed by atoms with Crippen LogP contribution in [0.3, 0.4) is 0 Å². The number of rotatable bonds is 9. The first-order chi connectivity index (χ1) is 10.9. The number of hydrogen-bond donors (Lipinski definition) is 2. The number of allylic oxidation sites excluding steroid dienone is 3. The Morgan fingerprint density at radius 1 is 1.17 bits per heavy atom. The van der Waals surface area contributed by atoms with Crippen LogP contribution >= 0.6 is 0 Å². The summed E-state index contributed by atoms with van der Waals surface area (Å²) >= 11 is 0. The van der Waals surface area contributed by atoms with Crippen LogP contribution in [0.25, 0.3) is 0 Å². The second-order valence-electron chi connectivity index (χ2n) is 5.98. The zero-order valence-electron chi connectivity index (χ0n) is 14.1. The van der Waals surface area contributed by atoms with Gasteiger partial charge in [0, 0.05) is 0 Å². The van der Waals surface area contributed by atoms with E-state index in [9.17, 15) is 19.8 Å². The van der Waals surface area contributed by atoms with Crippen molar-refractivity contribution in [3.8, 4) is 0 Å². The summed E-state index contributed by atoms with van der Waals surface area (Å²) < 4.78 is 5.08. The molecular weight excluding hydrogens is 296 g/mol. The molecule has 0 bridgehead atoms. The molecule has 0 aromatic rings. The highest BCUT2D eigenvalue weighted by atomic mass is 16.6. The Balaban J connectivity index is 2.84. The smallest absolute Gasteiger partial charge is 0.338 e. The molecule has 0 radical (unpaired) electrons. The minimum atomic E-state index is -1.21. The van der Waals surface area contributed by atoms with E-state index in [4.69, 9.17) is 4.74 Å². The number of carboxylic acids is 1. The van der Waals surface area contributed by atoms with Gasteiger partial charge in [-0.15, -0.1) is 0 Å². The third-order valence-electron chi connectivity index (χ3n) is 3.68. The Kier molecular flexibility index (Phi) is 7.59. The number of aliphatic hydroxyl groups excluding tert-OH is 1. The Bertz CT molecular complexity index is 536. The molecule has 0 aromatic carbocycles. The number of cyclic esters (lactones) is 1. The lowest BCUT2D eigenvalue weighted by Crippen LogP contribution is -2.21. The normalized spacial score (nSPS) is 18.1. The van der Waals surface area contributed by atoms with Crippen LogP contribution in [0.5, 0.6) is 0 Å². The van der Waals surface area contributed by atoms with Crippen LogP contribution in [0.1, 0.15) is 59.3 Å². The van der Waals surface area contributed by atoms with E-state index in [2.05, 4.69) is 6.92 Å². The number of ether oxygens (including phenoxy) is 1. The van der Waals surface area contributed by atoms with Gasteiger partial charge in [-0.3, -0.25) is 0 Å². The van der Waals surface area contributed by atoms with Crippen LogP contribution in [0, 0.1) is 0 Å². The van der Waals surface area contributed by atoms with Gasteiger partial charge in [0.25, 0.3) is 0 Å². The van der Waals surface area contributed by atoms with E-state index in [1.807, 2.05) is 13.8 Å². The molecule has 1 heterocycles. The molecule has 128 valence electrons. The topological polar surface area (TPSA) is 83.8 Å². The van der Waals surface area contributed by atoms with Gasteiger partial charge < -0.3 is 14.9 Å². The molecule has 1 atom stereocenters. The van der Waals surface area contributed by atoms with E-state index in [0.29, 0.717) is 6.42 Å². The maximum absolute atomic E-state index is 11.9. The third-order valence-corrected chi connectivity index (χ3v) is 3.68. The first-order valence-electron chi connectivity index (χ1n) is 8.09. The lowest BCUT2D eigenvalue weighted by atomic mass is 10.0. The van der Waals surface area contributed by atoms with Gasteiger partial charge in [0.2, 0.25) is 0 Å². The van der Waals surface area contributed by atoms with Crippen molar-refractivity contribution in [3.05, 3.63) is 34.6 Å². The third kappa shape index (κ3) is 5.58. The molecule has 0 aliphatic carbocycles. The second kappa shape index (κ2) is 9.18.